The van der Waals surface area contributed by atoms with Gasteiger partial charge in [0.25, 0.3) is 5.56 Å². The van der Waals surface area contributed by atoms with Crippen LogP contribution in [0.15, 0.2) is 27.5 Å². The average Bonchev–Trinajstić information content (AvgIpc) is 2.35. The molecule has 2 aromatic rings. The SMILES string of the molecule is COc1ccc(Br)cc1-c1nc(C)c(C)c(=O)[nH]1. The molecule has 2 rings (SSSR count). The molecule has 0 amide bonds. The third-order valence-corrected chi connectivity index (χ3v) is 3.30. The van der Waals surface area contributed by atoms with Gasteiger partial charge in [-0.25, -0.2) is 4.98 Å². The molecule has 4 nitrogen and oxygen atoms in total. The molecule has 1 aromatic carbocycles. The fourth-order valence-electron chi connectivity index (χ4n) is 1.64. The van der Waals surface area contributed by atoms with Gasteiger partial charge in [0.1, 0.15) is 11.6 Å². The molecule has 1 aromatic heterocycles. The summed E-state index contributed by atoms with van der Waals surface area (Å²) in [5, 5.41) is 0. The van der Waals surface area contributed by atoms with Crippen LogP contribution in [-0.4, -0.2) is 17.1 Å². The van der Waals surface area contributed by atoms with Crippen LogP contribution in [0.25, 0.3) is 11.4 Å². The van der Waals surface area contributed by atoms with E-state index in [1.54, 1.807) is 14.0 Å². The van der Waals surface area contributed by atoms with Crippen molar-refractivity contribution in [3.05, 3.63) is 44.3 Å². The van der Waals surface area contributed by atoms with Crippen LogP contribution in [0.5, 0.6) is 5.75 Å². The van der Waals surface area contributed by atoms with Crippen LogP contribution >= 0.6 is 15.9 Å². The Balaban J connectivity index is 2.69. The first kappa shape index (κ1) is 12.8. The van der Waals surface area contributed by atoms with Gasteiger partial charge in [0.05, 0.1) is 12.7 Å². The minimum absolute atomic E-state index is 0.125. The first-order valence-corrected chi connectivity index (χ1v) is 6.23. The topological polar surface area (TPSA) is 55.0 Å². The molecule has 0 unspecified atom stereocenters. The third-order valence-electron chi connectivity index (χ3n) is 2.81. The van der Waals surface area contributed by atoms with Gasteiger partial charge in [-0.05, 0) is 32.0 Å². The molecule has 0 aliphatic carbocycles. The maximum absolute atomic E-state index is 11.8. The molecular formula is C13H13BrN2O2. The zero-order valence-corrected chi connectivity index (χ0v) is 12.0. The van der Waals surface area contributed by atoms with Crippen molar-refractivity contribution in [3.8, 4) is 17.1 Å². The van der Waals surface area contributed by atoms with E-state index in [2.05, 4.69) is 25.9 Å². The van der Waals surface area contributed by atoms with Gasteiger partial charge in [0.2, 0.25) is 0 Å². The predicted octanol–water partition coefficient (Wildman–Crippen LogP) is 2.82. The molecule has 0 spiro atoms. The standard InChI is InChI=1S/C13H13BrN2O2/c1-7-8(2)15-12(16-13(7)17)10-6-9(14)4-5-11(10)18-3/h4-6H,1-3H3,(H,15,16,17). The van der Waals surface area contributed by atoms with E-state index in [0.29, 0.717) is 17.1 Å². The molecule has 1 heterocycles. The molecular weight excluding hydrogens is 296 g/mol. The Morgan fingerprint density at radius 1 is 1.33 bits per heavy atom. The third kappa shape index (κ3) is 2.31. The normalized spacial score (nSPS) is 10.4. The number of nitrogens with zero attached hydrogens (tertiary/aromatic N) is 1. The summed E-state index contributed by atoms with van der Waals surface area (Å²) in [7, 11) is 1.59. The lowest BCUT2D eigenvalue weighted by atomic mass is 10.1. The van der Waals surface area contributed by atoms with Crippen LogP contribution in [0.3, 0.4) is 0 Å². The Kier molecular flexibility index (Phi) is 3.52. The zero-order valence-electron chi connectivity index (χ0n) is 10.4. The average molecular weight is 309 g/mol. The number of hydrogen-bond donors (Lipinski definition) is 1. The number of methoxy groups -OCH3 is 1. The first-order valence-electron chi connectivity index (χ1n) is 5.44. The lowest BCUT2D eigenvalue weighted by molar-refractivity contribution is 0.416. The number of aromatic nitrogens is 2. The molecule has 5 heteroatoms. The lowest BCUT2D eigenvalue weighted by Crippen LogP contribution is -2.14. The summed E-state index contributed by atoms with van der Waals surface area (Å²) in [6.45, 7) is 3.57. The van der Waals surface area contributed by atoms with Crippen LogP contribution in [0, 0.1) is 13.8 Å². The van der Waals surface area contributed by atoms with Gasteiger partial charge in [0.15, 0.2) is 0 Å². The van der Waals surface area contributed by atoms with Crippen molar-refractivity contribution in [3.63, 3.8) is 0 Å². The molecule has 0 radical (unpaired) electrons. The van der Waals surface area contributed by atoms with Crippen molar-refractivity contribution in [2.45, 2.75) is 13.8 Å². The number of nitrogens with one attached hydrogen (secondary N) is 1. The second-order valence-electron chi connectivity index (χ2n) is 3.97. The van der Waals surface area contributed by atoms with Gasteiger partial charge in [-0.3, -0.25) is 4.79 Å². The number of halogens is 1. The fourth-order valence-corrected chi connectivity index (χ4v) is 2.00. The van der Waals surface area contributed by atoms with E-state index in [-0.39, 0.29) is 5.56 Å². The summed E-state index contributed by atoms with van der Waals surface area (Å²) in [6, 6.07) is 5.57. The molecule has 1 N–H and O–H groups in total. The Morgan fingerprint density at radius 2 is 2.06 bits per heavy atom. The van der Waals surface area contributed by atoms with E-state index in [1.165, 1.54) is 0 Å². The predicted molar refractivity (Wildman–Crippen MR) is 74.0 cm³/mol. The minimum atomic E-state index is -0.125. The highest BCUT2D eigenvalue weighted by Crippen LogP contribution is 2.30. The maximum Gasteiger partial charge on any atom is 0.254 e. The maximum atomic E-state index is 11.8. The van der Waals surface area contributed by atoms with Gasteiger partial charge in [0, 0.05) is 15.7 Å². The van der Waals surface area contributed by atoms with Gasteiger partial charge in [-0.2, -0.15) is 0 Å². The van der Waals surface area contributed by atoms with Crippen LogP contribution in [0.4, 0.5) is 0 Å². The molecule has 0 bridgehead atoms. The highest BCUT2D eigenvalue weighted by molar-refractivity contribution is 9.10. The first-order chi connectivity index (χ1) is 8.52. The Morgan fingerprint density at radius 3 is 2.67 bits per heavy atom. The number of rotatable bonds is 2. The number of ether oxygens (including phenoxy) is 1. The van der Waals surface area contributed by atoms with Crippen molar-refractivity contribution in [2.24, 2.45) is 0 Å². The smallest absolute Gasteiger partial charge is 0.254 e. The second kappa shape index (κ2) is 4.94. The van der Waals surface area contributed by atoms with Crippen molar-refractivity contribution in [2.75, 3.05) is 7.11 Å². The zero-order chi connectivity index (χ0) is 13.3. The molecule has 94 valence electrons. The van der Waals surface area contributed by atoms with Gasteiger partial charge < -0.3 is 9.72 Å². The largest absolute Gasteiger partial charge is 0.496 e. The lowest BCUT2D eigenvalue weighted by Gasteiger charge is -2.09. The summed E-state index contributed by atoms with van der Waals surface area (Å²) >= 11 is 3.40. The highest BCUT2D eigenvalue weighted by atomic mass is 79.9. The highest BCUT2D eigenvalue weighted by Gasteiger charge is 2.11. The van der Waals surface area contributed by atoms with Crippen LogP contribution in [0.2, 0.25) is 0 Å². The summed E-state index contributed by atoms with van der Waals surface area (Å²) in [5.41, 5.74) is 1.98. The van der Waals surface area contributed by atoms with Crippen molar-refractivity contribution in [1.29, 1.82) is 0 Å². The summed E-state index contributed by atoms with van der Waals surface area (Å²) in [5.74, 6) is 1.19. The number of aryl methyl sites for hydroxylation is 1. The molecule has 0 saturated carbocycles. The molecule has 0 saturated heterocycles. The van der Waals surface area contributed by atoms with E-state index < -0.39 is 0 Å². The van der Waals surface area contributed by atoms with E-state index in [9.17, 15) is 4.79 Å². The molecule has 18 heavy (non-hydrogen) atoms. The molecule has 0 fully saturated rings. The van der Waals surface area contributed by atoms with E-state index >= 15 is 0 Å². The summed E-state index contributed by atoms with van der Waals surface area (Å²) in [4.78, 5) is 18.9. The minimum Gasteiger partial charge on any atom is -0.496 e. The Hall–Kier alpha value is -1.62. The van der Waals surface area contributed by atoms with Gasteiger partial charge >= 0.3 is 0 Å². The number of hydrogen-bond acceptors (Lipinski definition) is 3. The fraction of sp³-hybridized carbons (Fsp3) is 0.231. The van der Waals surface area contributed by atoms with Crippen molar-refractivity contribution < 1.29 is 4.74 Å². The second-order valence-corrected chi connectivity index (χ2v) is 4.89. The van der Waals surface area contributed by atoms with Crippen molar-refractivity contribution in [1.82, 2.24) is 9.97 Å². The van der Waals surface area contributed by atoms with Crippen LogP contribution in [-0.2, 0) is 0 Å². The Bertz CT molecular complexity index is 650. The van der Waals surface area contributed by atoms with E-state index in [4.69, 9.17) is 4.74 Å². The quantitative estimate of drug-likeness (QED) is 0.928. The van der Waals surface area contributed by atoms with Crippen LogP contribution in [0.1, 0.15) is 11.3 Å². The Labute approximate surface area is 113 Å². The van der Waals surface area contributed by atoms with Gasteiger partial charge in [-0.15, -0.1) is 0 Å². The molecule has 0 aliphatic heterocycles. The van der Waals surface area contributed by atoms with E-state index in [1.807, 2.05) is 25.1 Å². The van der Waals surface area contributed by atoms with Gasteiger partial charge in [-0.1, -0.05) is 15.9 Å². The number of benzene rings is 1. The molecule has 0 aliphatic rings. The summed E-state index contributed by atoms with van der Waals surface area (Å²) in [6.07, 6.45) is 0. The number of H-pyrrole nitrogens is 1. The molecule has 0 atom stereocenters. The van der Waals surface area contributed by atoms with E-state index in [0.717, 1.165) is 15.7 Å². The number of aromatic amines is 1. The van der Waals surface area contributed by atoms with Crippen LogP contribution < -0.4 is 10.3 Å². The summed E-state index contributed by atoms with van der Waals surface area (Å²) < 4.78 is 6.18. The van der Waals surface area contributed by atoms with Crippen molar-refractivity contribution >= 4 is 15.9 Å². The monoisotopic (exact) mass is 308 g/mol.